The van der Waals surface area contributed by atoms with Crippen LogP contribution < -0.4 is 29.6 Å². The first-order chi connectivity index (χ1) is 4.06. The average Bonchev–Trinajstić information content (AvgIpc) is 1.68. The molecule has 0 aromatic carbocycles. The van der Waals surface area contributed by atoms with Crippen LogP contribution in [0.2, 0.25) is 0 Å². The van der Waals surface area contributed by atoms with Gasteiger partial charge in [-0.05, 0) is 0 Å². The molecule has 8 heteroatoms. The molecule has 0 unspecified atom stereocenters. The summed E-state index contributed by atoms with van der Waals surface area (Å²) in [6.07, 6.45) is -5.81. The first kappa shape index (κ1) is 16.4. The van der Waals surface area contributed by atoms with Gasteiger partial charge in [-0.1, -0.05) is 0 Å². The maximum atomic E-state index is 10.3. The molecule has 54 valence electrons. The molecule has 0 rings (SSSR count). The van der Waals surface area contributed by atoms with Crippen molar-refractivity contribution < 1.29 is 47.1 Å². The molecule has 10 heavy (non-hydrogen) atoms. The zero-order chi connectivity index (χ0) is 7.86. The van der Waals surface area contributed by atoms with Gasteiger partial charge in [0, 0.05) is 0 Å². The van der Waals surface area contributed by atoms with Crippen molar-refractivity contribution in [3.8, 4) is 0 Å². The van der Waals surface area contributed by atoms with Gasteiger partial charge in [0.1, 0.15) is 0 Å². The summed E-state index contributed by atoms with van der Waals surface area (Å²) in [5, 5.41) is 9.00. The second-order valence-corrected chi connectivity index (χ2v) is 0.595. The van der Waals surface area contributed by atoms with Crippen molar-refractivity contribution >= 4 is 0 Å². The van der Waals surface area contributed by atoms with E-state index in [1.807, 2.05) is 0 Å². The summed E-state index contributed by atoms with van der Waals surface area (Å²) in [6.45, 7) is 0. The van der Waals surface area contributed by atoms with E-state index in [4.69, 9.17) is 10.1 Å². The van der Waals surface area contributed by atoms with Crippen molar-refractivity contribution in [3.63, 3.8) is 0 Å². The van der Waals surface area contributed by atoms with Crippen molar-refractivity contribution in [2.24, 2.45) is 5.34 Å². The van der Waals surface area contributed by atoms with Gasteiger partial charge in [0.15, 0.2) is 0 Å². The smallest absolute Gasteiger partial charge is 0.444 e. The molecule has 0 saturated heterocycles. The van der Waals surface area contributed by atoms with Crippen LogP contribution in [0.4, 0.5) is 17.6 Å². The number of halogens is 4. The topological polar surface area (TPSA) is 52.5 Å². The maximum absolute atomic E-state index is 10.3. The van der Waals surface area contributed by atoms with Gasteiger partial charge in [0.05, 0.1) is 0 Å². The minimum absolute atomic E-state index is 0. The predicted octanol–water partition coefficient (Wildman–Crippen LogP) is -0.754. The molecule has 0 aliphatic rings. The van der Waals surface area contributed by atoms with Crippen LogP contribution in [0.3, 0.4) is 0 Å². The van der Waals surface area contributed by atoms with Crippen LogP contribution in [-0.2, 0) is 0 Å². The minimum Gasteiger partial charge on any atom is -0.444 e. The van der Waals surface area contributed by atoms with Gasteiger partial charge >= 0.3 is 41.7 Å². The van der Waals surface area contributed by atoms with Gasteiger partial charge in [-0.3, -0.25) is 0 Å². The van der Waals surface area contributed by atoms with Gasteiger partial charge in [-0.2, -0.15) is 17.6 Å². The third-order valence-corrected chi connectivity index (χ3v) is 0.143. The van der Waals surface area contributed by atoms with E-state index in [2.05, 4.69) is 0 Å². The van der Waals surface area contributed by atoms with Gasteiger partial charge < -0.3 is 10.1 Å². The van der Waals surface area contributed by atoms with Crippen LogP contribution in [0, 0.1) is 10.1 Å². The first-order valence-electron chi connectivity index (χ1n) is 1.37. The molecule has 0 aliphatic carbocycles. The monoisotopic (exact) mass is 169 g/mol. The van der Waals surface area contributed by atoms with Crippen LogP contribution in [-0.4, -0.2) is 0 Å². The Kier molecular flexibility index (Phi) is 19.1. The fraction of sp³-hybridized carbons (Fsp3) is 0. The fourth-order valence-electron chi connectivity index (χ4n) is 0. The van der Waals surface area contributed by atoms with Crippen molar-refractivity contribution in [2.45, 2.75) is 0 Å². The molecule has 0 atom stereocenters. The average molecular weight is 169 g/mol. The second kappa shape index (κ2) is 11.6. The molecule has 0 fully saturated rings. The summed E-state index contributed by atoms with van der Waals surface area (Å²) >= 11 is 0. The predicted molar refractivity (Wildman–Crippen MR) is 20.6 cm³/mol. The second-order valence-electron chi connectivity index (χ2n) is 0.595. The van der Waals surface area contributed by atoms with Gasteiger partial charge in [-0.25, -0.2) is 0 Å². The van der Waals surface area contributed by atoms with E-state index in [1.54, 1.807) is 0 Å². The van der Waals surface area contributed by atoms with E-state index >= 15 is 0 Å². The fourth-order valence-corrected chi connectivity index (χ4v) is 0. The molecular formula is C2F4NNaO2. The Balaban J connectivity index is -0.000000107. The molecule has 0 aromatic heterocycles. The van der Waals surface area contributed by atoms with Gasteiger partial charge in [-0.15, -0.1) is 5.34 Å². The summed E-state index contributed by atoms with van der Waals surface area (Å²) in [6, 6.07) is 0. The summed E-state index contributed by atoms with van der Waals surface area (Å²) < 4.78 is 41.1. The van der Waals surface area contributed by atoms with E-state index in [0.29, 0.717) is 0 Å². The Hall–Kier alpha value is -0.140. The number of hydrogen-bond donors (Lipinski definition) is 0. The Labute approximate surface area is 74.9 Å². The molecule has 0 heterocycles. The molecule has 0 aromatic rings. The number of nitrogens with zero attached hydrogens (tertiary/aromatic N) is 1. The van der Waals surface area contributed by atoms with E-state index < -0.39 is 12.2 Å². The molecule has 0 aliphatic heterocycles. The molecule has 0 amide bonds. The molecule has 0 bridgehead atoms. The van der Waals surface area contributed by atoms with E-state index in [1.165, 1.54) is 0 Å². The first-order valence-corrected chi connectivity index (χ1v) is 1.37. The molecule has 0 saturated carbocycles. The van der Waals surface area contributed by atoms with Crippen molar-refractivity contribution in [1.82, 2.24) is 0 Å². The van der Waals surface area contributed by atoms with Crippen molar-refractivity contribution in [2.75, 3.05) is 0 Å². The molecular weight excluding hydrogens is 169 g/mol. The van der Waals surface area contributed by atoms with E-state index in [-0.39, 0.29) is 29.6 Å². The normalized spacial score (nSPS) is 6.00. The molecule has 3 nitrogen and oxygen atoms in total. The molecule has 0 radical (unpaired) electrons. The Bertz CT molecular complexity index is 99.8. The largest absolute Gasteiger partial charge is 1.00 e. The maximum Gasteiger partial charge on any atom is 1.00 e. The third-order valence-electron chi connectivity index (χ3n) is 0.143. The zero-order valence-corrected chi connectivity index (χ0v) is 6.78. The summed E-state index contributed by atoms with van der Waals surface area (Å²) in [5.41, 5.74) is 0. The quantitative estimate of drug-likeness (QED) is 0.207. The van der Waals surface area contributed by atoms with Gasteiger partial charge in [0.2, 0.25) is 0 Å². The molecule has 0 spiro atoms. The summed E-state index contributed by atoms with van der Waals surface area (Å²) in [5.74, 6) is 0. The minimum atomic E-state index is -2.91. The van der Waals surface area contributed by atoms with Crippen LogP contribution in [0.1, 0.15) is 0 Å². The van der Waals surface area contributed by atoms with Crippen LogP contribution >= 0.6 is 0 Å². The SMILES string of the molecule is FC(F)=C(F)F.O=N[O-].[Na+]. The summed E-state index contributed by atoms with van der Waals surface area (Å²) in [4.78, 5) is 8.00. The van der Waals surface area contributed by atoms with E-state index in [9.17, 15) is 17.6 Å². The Morgan fingerprint density at radius 2 is 1.20 bits per heavy atom. The Morgan fingerprint density at radius 1 is 1.10 bits per heavy atom. The number of rotatable bonds is 0. The van der Waals surface area contributed by atoms with Crippen LogP contribution in [0.15, 0.2) is 17.5 Å². The summed E-state index contributed by atoms with van der Waals surface area (Å²) in [7, 11) is 0. The zero-order valence-electron chi connectivity index (χ0n) is 4.78. The van der Waals surface area contributed by atoms with Crippen LogP contribution in [0.5, 0.6) is 0 Å². The Morgan fingerprint density at radius 3 is 1.20 bits per heavy atom. The number of hydrogen-bond acceptors (Lipinski definition) is 3. The van der Waals surface area contributed by atoms with Crippen LogP contribution in [0.25, 0.3) is 0 Å². The van der Waals surface area contributed by atoms with Gasteiger partial charge in [0.25, 0.3) is 0 Å². The van der Waals surface area contributed by atoms with Crippen molar-refractivity contribution in [1.29, 1.82) is 0 Å². The molecule has 0 N–H and O–H groups in total. The standard InChI is InChI=1S/C2F4.HNO2.Na/c3-1(4)2(5)6;2-1-3;/h;(H,2,3);/q;;+1/p-1. The van der Waals surface area contributed by atoms with Crippen molar-refractivity contribution in [3.05, 3.63) is 22.3 Å². The third kappa shape index (κ3) is 24.8. The van der Waals surface area contributed by atoms with E-state index in [0.717, 1.165) is 5.34 Å².